The minimum Gasteiger partial charge on any atom is -0.478 e. The molecule has 1 aromatic heterocycles. The van der Waals surface area contributed by atoms with Gasteiger partial charge in [-0.1, -0.05) is 48.5 Å². The van der Waals surface area contributed by atoms with E-state index in [1.807, 2.05) is 30.3 Å². The number of rotatable bonds is 6. The van der Waals surface area contributed by atoms with Crippen molar-refractivity contribution in [3.05, 3.63) is 108 Å². The Balaban J connectivity index is 1.72. The Morgan fingerprint density at radius 2 is 1.48 bits per heavy atom. The zero-order valence-electron chi connectivity index (χ0n) is 16.4. The molecule has 0 fully saturated rings. The summed E-state index contributed by atoms with van der Waals surface area (Å²) in [6.07, 6.45) is 0. The Morgan fingerprint density at radius 3 is 2.26 bits per heavy atom. The number of aromatic carboxylic acids is 1. The van der Waals surface area contributed by atoms with E-state index in [2.05, 4.69) is 0 Å². The van der Waals surface area contributed by atoms with Crippen LogP contribution in [0.15, 0.2) is 91.0 Å². The second-order valence-corrected chi connectivity index (χ2v) is 6.88. The minimum absolute atomic E-state index is 0.0101. The van der Waals surface area contributed by atoms with Gasteiger partial charge in [-0.2, -0.15) is 4.57 Å². The van der Waals surface area contributed by atoms with Crippen LogP contribution in [0.2, 0.25) is 0 Å². The predicted octanol–water partition coefficient (Wildman–Crippen LogP) is 3.93. The lowest BCUT2D eigenvalue weighted by atomic mass is 10.1. The van der Waals surface area contributed by atoms with Gasteiger partial charge < -0.3 is 9.84 Å². The third-order valence-electron chi connectivity index (χ3n) is 4.84. The zero-order chi connectivity index (χ0) is 21.8. The van der Waals surface area contributed by atoms with Crippen molar-refractivity contribution >= 4 is 28.6 Å². The van der Waals surface area contributed by atoms with Crippen molar-refractivity contribution < 1.29 is 28.8 Å². The molecule has 0 radical (unpaired) electrons. The van der Waals surface area contributed by atoms with E-state index in [4.69, 9.17) is 9.84 Å². The Labute approximate surface area is 178 Å². The van der Waals surface area contributed by atoms with Gasteiger partial charge in [-0.25, -0.2) is 9.59 Å². The van der Waals surface area contributed by atoms with Crippen LogP contribution >= 0.6 is 0 Å². The first-order valence-corrected chi connectivity index (χ1v) is 9.58. The molecule has 1 N–H and O–H groups in total. The zero-order valence-corrected chi connectivity index (χ0v) is 16.4. The molecule has 0 unspecified atom stereocenters. The molecular formula is C25H18NO5+. The van der Waals surface area contributed by atoms with Gasteiger partial charge in [0.2, 0.25) is 17.8 Å². The van der Waals surface area contributed by atoms with Crippen molar-refractivity contribution in [2.24, 2.45) is 0 Å². The maximum Gasteiger partial charge on any atom is 0.409 e. The van der Waals surface area contributed by atoms with E-state index in [-0.39, 0.29) is 29.3 Å². The molecule has 4 rings (SSSR count). The number of hydrogen-bond donors (Lipinski definition) is 1. The van der Waals surface area contributed by atoms with Crippen LogP contribution in [-0.4, -0.2) is 22.8 Å². The van der Waals surface area contributed by atoms with Crippen LogP contribution in [0.25, 0.3) is 10.9 Å². The van der Waals surface area contributed by atoms with Gasteiger partial charge in [0.1, 0.15) is 5.75 Å². The summed E-state index contributed by atoms with van der Waals surface area (Å²) in [5.74, 6) is -1.84. The van der Waals surface area contributed by atoms with E-state index in [0.717, 1.165) is 5.39 Å². The normalized spacial score (nSPS) is 10.6. The summed E-state index contributed by atoms with van der Waals surface area (Å²) in [7, 11) is 0. The van der Waals surface area contributed by atoms with Crippen molar-refractivity contribution in [2.75, 3.05) is 0 Å². The molecule has 31 heavy (non-hydrogen) atoms. The van der Waals surface area contributed by atoms with Gasteiger partial charge in [-0.15, -0.1) is 0 Å². The standard InChI is InChI=1S/C25H17NO5/c27-23(18-8-2-1-3-9-18)16-26-21-12-5-4-7-17(21)13-14-22(26)25(30)31-20-11-6-10-19(15-20)24(28)29/h1-15H,16H2/p+1. The molecule has 0 aliphatic carbocycles. The Bertz CT molecular complexity index is 1300. The first-order chi connectivity index (χ1) is 15.0. The number of carbonyl (C=O) groups is 3. The van der Waals surface area contributed by atoms with E-state index in [1.165, 1.54) is 24.3 Å². The number of carbonyl (C=O) groups excluding carboxylic acids is 2. The maximum absolute atomic E-state index is 13.0. The predicted molar refractivity (Wildman–Crippen MR) is 113 cm³/mol. The van der Waals surface area contributed by atoms with Crippen LogP contribution < -0.4 is 9.30 Å². The van der Waals surface area contributed by atoms with Gasteiger partial charge in [-0.05, 0) is 30.3 Å². The fourth-order valence-electron chi connectivity index (χ4n) is 3.32. The summed E-state index contributed by atoms with van der Waals surface area (Å²) in [5.41, 5.74) is 1.44. The topological polar surface area (TPSA) is 84.6 Å². The first-order valence-electron chi connectivity index (χ1n) is 9.58. The maximum atomic E-state index is 13.0. The molecule has 0 amide bonds. The van der Waals surface area contributed by atoms with Gasteiger partial charge in [-0.3, -0.25) is 4.79 Å². The molecule has 0 aliphatic rings. The second-order valence-electron chi connectivity index (χ2n) is 6.88. The Kier molecular flexibility index (Phi) is 5.53. The molecule has 0 saturated heterocycles. The summed E-state index contributed by atoms with van der Waals surface area (Å²) in [5, 5.41) is 10.0. The highest BCUT2D eigenvalue weighted by molar-refractivity contribution is 5.96. The van der Waals surface area contributed by atoms with E-state index in [1.54, 1.807) is 41.0 Å². The molecule has 0 atom stereocenters. The number of hydrogen-bond acceptors (Lipinski definition) is 4. The average Bonchev–Trinajstić information content (AvgIpc) is 2.80. The highest BCUT2D eigenvalue weighted by atomic mass is 16.5. The van der Waals surface area contributed by atoms with Crippen LogP contribution in [0.4, 0.5) is 0 Å². The fourth-order valence-corrected chi connectivity index (χ4v) is 3.32. The molecule has 0 bridgehead atoms. The number of para-hydroxylation sites is 1. The van der Waals surface area contributed by atoms with Gasteiger partial charge in [0.05, 0.1) is 5.56 Å². The number of fused-ring (bicyclic) bond motifs is 1. The van der Waals surface area contributed by atoms with Crippen molar-refractivity contribution in [3.8, 4) is 5.75 Å². The highest BCUT2D eigenvalue weighted by Gasteiger charge is 2.27. The van der Waals surface area contributed by atoms with Crippen LogP contribution in [0, 0.1) is 0 Å². The number of carboxylic acid groups (broad SMARTS) is 1. The van der Waals surface area contributed by atoms with E-state index in [9.17, 15) is 14.4 Å². The number of aromatic nitrogens is 1. The highest BCUT2D eigenvalue weighted by Crippen LogP contribution is 2.17. The molecule has 6 heteroatoms. The molecule has 6 nitrogen and oxygen atoms in total. The third kappa shape index (κ3) is 4.33. The van der Waals surface area contributed by atoms with Crippen LogP contribution in [0.3, 0.4) is 0 Å². The Morgan fingerprint density at radius 1 is 0.774 bits per heavy atom. The molecular weight excluding hydrogens is 394 g/mol. The third-order valence-corrected chi connectivity index (χ3v) is 4.84. The number of benzene rings is 3. The number of ether oxygens (including phenoxy) is 1. The van der Waals surface area contributed by atoms with Crippen molar-refractivity contribution in [2.45, 2.75) is 6.54 Å². The quantitative estimate of drug-likeness (QED) is 0.225. The molecule has 0 aliphatic heterocycles. The van der Waals surface area contributed by atoms with E-state index in [0.29, 0.717) is 11.1 Å². The molecule has 0 saturated carbocycles. The largest absolute Gasteiger partial charge is 0.478 e. The second kappa shape index (κ2) is 8.59. The summed E-state index contributed by atoms with van der Waals surface area (Å²) in [6, 6.07) is 25.4. The lowest BCUT2D eigenvalue weighted by Crippen LogP contribution is -2.45. The Hall–Kier alpha value is -4.32. The summed E-state index contributed by atoms with van der Waals surface area (Å²) >= 11 is 0. The van der Waals surface area contributed by atoms with E-state index < -0.39 is 11.9 Å². The van der Waals surface area contributed by atoms with Crippen LogP contribution in [0.5, 0.6) is 5.75 Å². The van der Waals surface area contributed by atoms with Gasteiger partial charge in [0.15, 0.2) is 0 Å². The van der Waals surface area contributed by atoms with Crippen LogP contribution in [0.1, 0.15) is 31.2 Å². The van der Waals surface area contributed by atoms with Gasteiger partial charge in [0, 0.05) is 23.1 Å². The van der Waals surface area contributed by atoms with Crippen molar-refractivity contribution in [1.82, 2.24) is 0 Å². The van der Waals surface area contributed by atoms with Crippen molar-refractivity contribution in [1.29, 1.82) is 0 Å². The number of Topliss-reactive ketones (excluding diaryl/α,β-unsaturated/α-hetero) is 1. The summed E-state index contributed by atoms with van der Waals surface area (Å²) in [4.78, 5) is 37.0. The number of esters is 1. The number of pyridine rings is 1. The van der Waals surface area contributed by atoms with Gasteiger partial charge >= 0.3 is 11.9 Å². The van der Waals surface area contributed by atoms with Crippen molar-refractivity contribution in [3.63, 3.8) is 0 Å². The molecule has 0 spiro atoms. The smallest absolute Gasteiger partial charge is 0.409 e. The lowest BCUT2D eigenvalue weighted by Gasteiger charge is -2.08. The van der Waals surface area contributed by atoms with E-state index >= 15 is 0 Å². The summed E-state index contributed by atoms with van der Waals surface area (Å²) in [6.45, 7) is -0.0506. The number of carboxylic acids is 1. The monoisotopic (exact) mass is 412 g/mol. The fraction of sp³-hybridized carbons (Fsp3) is 0.0400. The summed E-state index contributed by atoms with van der Waals surface area (Å²) < 4.78 is 7.05. The lowest BCUT2D eigenvalue weighted by molar-refractivity contribution is -0.659. The SMILES string of the molecule is O=C(O)c1cccc(OC(=O)c2ccc3ccccc3[n+]2CC(=O)c2ccccc2)c1. The molecule has 3 aromatic carbocycles. The van der Waals surface area contributed by atoms with Gasteiger partial charge in [0.25, 0.3) is 5.69 Å². The first kappa shape index (κ1) is 20.0. The number of ketones is 1. The average molecular weight is 412 g/mol. The molecule has 4 aromatic rings. The minimum atomic E-state index is -1.12. The molecule has 1 heterocycles. The molecule has 152 valence electrons. The number of nitrogens with zero attached hydrogens (tertiary/aromatic N) is 1. The van der Waals surface area contributed by atoms with Crippen LogP contribution in [-0.2, 0) is 6.54 Å².